The van der Waals surface area contributed by atoms with E-state index in [2.05, 4.69) is 40.1 Å². The Morgan fingerprint density at radius 1 is 1.67 bits per heavy atom. The van der Waals surface area contributed by atoms with E-state index in [1.807, 2.05) is 6.20 Å². The third-order valence-electron chi connectivity index (χ3n) is 3.26. The minimum Gasteiger partial charge on any atom is -0.308 e. The topological polar surface area (TPSA) is 24.9 Å². The van der Waals surface area contributed by atoms with Crippen molar-refractivity contribution in [1.29, 1.82) is 0 Å². The molecule has 0 spiro atoms. The van der Waals surface area contributed by atoms with Crippen molar-refractivity contribution < 1.29 is 0 Å². The molecule has 1 fully saturated rings. The van der Waals surface area contributed by atoms with Crippen molar-refractivity contribution >= 4 is 27.3 Å². The molecule has 1 aliphatic rings. The van der Waals surface area contributed by atoms with E-state index >= 15 is 0 Å². The lowest BCUT2D eigenvalue weighted by atomic mass is 9.70. The second kappa shape index (κ2) is 4.52. The van der Waals surface area contributed by atoms with Gasteiger partial charge in [0.25, 0.3) is 0 Å². The molecular formula is C11H17BrN2S. The van der Waals surface area contributed by atoms with Crippen molar-refractivity contribution in [3.05, 3.63) is 15.0 Å². The predicted molar refractivity (Wildman–Crippen MR) is 68.2 cm³/mol. The van der Waals surface area contributed by atoms with Crippen molar-refractivity contribution in [3.8, 4) is 0 Å². The zero-order valence-electron chi connectivity index (χ0n) is 9.22. The number of aromatic nitrogens is 1. The number of halogens is 1. The second-order valence-corrected chi connectivity index (χ2v) is 7.21. The highest BCUT2D eigenvalue weighted by Crippen LogP contribution is 2.40. The Morgan fingerprint density at radius 3 is 2.87 bits per heavy atom. The summed E-state index contributed by atoms with van der Waals surface area (Å²) in [4.78, 5) is 4.37. The van der Waals surface area contributed by atoms with Gasteiger partial charge in [0, 0.05) is 6.54 Å². The van der Waals surface area contributed by atoms with Gasteiger partial charge in [-0.15, -0.1) is 11.3 Å². The van der Waals surface area contributed by atoms with Gasteiger partial charge in [-0.1, -0.05) is 13.3 Å². The number of nitrogens with one attached hydrogen (secondary N) is 1. The van der Waals surface area contributed by atoms with Crippen LogP contribution in [0.3, 0.4) is 0 Å². The number of hydrogen-bond acceptors (Lipinski definition) is 3. The minimum absolute atomic E-state index is 0.374. The molecule has 0 aromatic carbocycles. The number of rotatable bonds is 4. The number of thiazole rings is 1. The Kier molecular flexibility index (Phi) is 3.48. The van der Waals surface area contributed by atoms with E-state index in [-0.39, 0.29) is 0 Å². The molecular weight excluding hydrogens is 272 g/mol. The molecule has 0 saturated heterocycles. The molecule has 0 radical (unpaired) electrons. The zero-order valence-corrected chi connectivity index (χ0v) is 11.6. The SMILES string of the molecule is CC(NCC1(C)CCC1)c1ncc(Br)s1. The zero-order chi connectivity index (χ0) is 10.9. The van der Waals surface area contributed by atoms with E-state index in [1.54, 1.807) is 11.3 Å². The summed E-state index contributed by atoms with van der Waals surface area (Å²) in [5.74, 6) is 0. The maximum absolute atomic E-state index is 4.37. The van der Waals surface area contributed by atoms with E-state index in [0.717, 1.165) is 10.3 Å². The first kappa shape index (κ1) is 11.6. The third kappa shape index (κ3) is 2.80. The molecule has 1 atom stereocenters. The van der Waals surface area contributed by atoms with Crippen LogP contribution in [0.4, 0.5) is 0 Å². The van der Waals surface area contributed by atoms with Gasteiger partial charge in [0.15, 0.2) is 0 Å². The summed E-state index contributed by atoms with van der Waals surface area (Å²) < 4.78 is 1.11. The van der Waals surface area contributed by atoms with Gasteiger partial charge >= 0.3 is 0 Å². The smallest absolute Gasteiger partial charge is 0.110 e. The Hall–Kier alpha value is 0.0700. The maximum atomic E-state index is 4.37. The van der Waals surface area contributed by atoms with Crippen LogP contribution in [0.25, 0.3) is 0 Å². The van der Waals surface area contributed by atoms with Crippen molar-refractivity contribution in [2.24, 2.45) is 5.41 Å². The van der Waals surface area contributed by atoms with Crippen LogP contribution in [0.5, 0.6) is 0 Å². The van der Waals surface area contributed by atoms with Crippen molar-refractivity contribution in [3.63, 3.8) is 0 Å². The van der Waals surface area contributed by atoms with Gasteiger partial charge in [0.1, 0.15) is 5.01 Å². The van der Waals surface area contributed by atoms with Crippen LogP contribution in [-0.2, 0) is 0 Å². The predicted octanol–water partition coefficient (Wildman–Crippen LogP) is 3.75. The molecule has 2 rings (SSSR count). The molecule has 4 heteroatoms. The van der Waals surface area contributed by atoms with Gasteiger partial charge in [0.05, 0.1) is 16.0 Å². The average molecular weight is 289 g/mol. The fourth-order valence-electron chi connectivity index (χ4n) is 1.91. The van der Waals surface area contributed by atoms with E-state index in [0.29, 0.717) is 11.5 Å². The summed E-state index contributed by atoms with van der Waals surface area (Å²) in [6.07, 6.45) is 6.02. The van der Waals surface area contributed by atoms with Crippen LogP contribution in [-0.4, -0.2) is 11.5 Å². The van der Waals surface area contributed by atoms with Crippen molar-refractivity contribution in [2.45, 2.75) is 39.2 Å². The van der Waals surface area contributed by atoms with Crippen LogP contribution in [0, 0.1) is 5.41 Å². The molecule has 2 nitrogen and oxygen atoms in total. The maximum Gasteiger partial charge on any atom is 0.110 e. The summed E-state index contributed by atoms with van der Waals surface area (Å²) in [7, 11) is 0. The van der Waals surface area contributed by atoms with Gasteiger partial charge in [0.2, 0.25) is 0 Å². The van der Waals surface area contributed by atoms with Crippen LogP contribution >= 0.6 is 27.3 Å². The Labute approximate surface area is 104 Å². The summed E-state index contributed by atoms with van der Waals surface area (Å²) in [6.45, 7) is 5.67. The highest BCUT2D eigenvalue weighted by molar-refractivity contribution is 9.11. The Morgan fingerprint density at radius 2 is 2.40 bits per heavy atom. The molecule has 1 N–H and O–H groups in total. The standard InChI is InChI=1S/C11H17BrN2S/c1-8(10-13-6-9(12)15-10)14-7-11(2)4-3-5-11/h6,8,14H,3-5,7H2,1-2H3. The van der Waals surface area contributed by atoms with Gasteiger partial charge in [-0.2, -0.15) is 0 Å². The average Bonchev–Trinajstić information content (AvgIpc) is 2.58. The van der Waals surface area contributed by atoms with Gasteiger partial charge in [-0.25, -0.2) is 4.98 Å². The molecule has 0 amide bonds. The summed E-state index contributed by atoms with van der Waals surface area (Å²) >= 11 is 5.16. The van der Waals surface area contributed by atoms with Crippen LogP contribution in [0.15, 0.2) is 9.98 Å². The Balaban J connectivity index is 1.84. The largest absolute Gasteiger partial charge is 0.308 e. The lowest BCUT2D eigenvalue weighted by Gasteiger charge is -2.39. The first-order valence-corrected chi connectivity index (χ1v) is 7.05. The molecule has 1 aromatic rings. The molecule has 1 heterocycles. The van der Waals surface area contributed by atoms with Gasteiger partial charge in [-0.3, -0.25) is 0 Å². The lowest BCUT2D eigenvalue weighted by molar-refractivity contribution is 0.152. The van der Waals surface area contributed by atoms with Crippen LogP contribution in [0.1, 0.15) is 44.2 Å². The molecule has 0 bridgehead atoms. The number of hydrogen-bond donors (Lipinski definition) is 1. The summed E-state index contributed by atoms with van der Waals surface area (Å²) in [5, 5.41) is 4.75. The fourth-order valence-corrected chi connectivity index (χ4v) is 3.18. The quantitative estimate of drug-likeness (QED) is 0.913. The fraction of sp³-hybridized carbons (Fsp3) is 0.727. The first-order valence-electron chi connectivity index (χ1n) is 5.44. The molecule has 1 aliphatic carbocycles. The lowest BCUT2D eigenvalue weighted by Crippen LogP contribution is -2.38. The van der Waals surface area contributed by atoms with E-state index in [1.165, 1.54) is 24.3 Å². The number of nitrogens with zero attached hydrogens (tertiary/aromatic N) is 1. The third-order valence-corrected chi connectivity index (χ3v) is 4.92. The summed E-state index contributed by atoms with van der Waals surface area (Å²) in [5.41, 5.74) is 0.544. The van der Waals surface area contributed by atoms with Gasteiger partial charge < -0.3 is 5.32 Å². The molecule has 1 saturated carbocycles. The Bertz CT molecular complexity index is 333. The van der Waals surface area contributed by atoms with E-state index < -0.39 is 0 Å². The molecule has 1 aromatic heterocycles. The van der Waals surface area contributed by atoms with Crippen LogP contribution < -0.4 is 5.32 Å². The highest BCUT2D eigenvalue weighted by atomic mass is 79.9. The van der Waals surface area contributed by atoms with Gasteiger partial charge in [-0.05, 0) is 41.1 Å². The van der Waals surface area contributed by atoms with E-state index in [4.69, 9.17) is 0 Å². The summed E-state index contributed by atoms with van der Waals surface area (Å²) in [6, 6.07) is 0.374. The molecule has 15 heavy (non-hydrogen) atoms. The van der Waals surface area contributed by atoms with E-state index in [9.17, 15) is 0 Å². The normalized spacial score (nSPS) is 21.0. The molecule has 84 valence electrons. The second-order valence-electron chi connectivity index (χ2n) is 4.77. The first-order chi connectivity index (χ1) is 7.09. The van der Waals surface area contributed by atoms with Crippen molar-refractivity contribution in [2.75, 3.05) is 6.54 Å². The van der Waals surface area contributed by atoms with Crippen molar-refractivity contribution in [1.82, 2.24) is 10.3 Å². The minimum atomic E-state index is 0.374. The molecule has 0 aliphatic heterocycles. The van der Waals surface area contributed by atoms with Crippen LogP contribution in [0.2, 0.25) is 0 Å². The highest BCUT2D eigenvalue weighted by Gasteiger charge is 2.31. The molecule has 1 unspecified atom stereocenters. The monoisotopic (exact) mass is 288 g/mol.